The molecule has 0 amide bonds. The number of benzene rings is 2. The lowest BCUT2D eigenvalue weighted by atomic mass is 10.1. The van der Waals surface area contributed by atoms with Crippen molar-refractivity contribution >= 4 is 27.3 Å². The molecule has 27 heavy (non-hydrogen) atoms. The van der Waals surface area contributed by atoms with Gasteiger partial charge in [0.2, 0.25) is 0 Å². The number of hydrogen-bond acceptors (Lipinski definition) is 3. The van der Waals surface area contributed by atoms with E-state index in [1.54, 1.807) is 15.9 Å². The molecule has 0 saturated heterocycles. The Morgan fingerprint density at radius 3 is 2.37 bits per heavy atom. The lowest BCUT2D eigenvalue weighted by Gasteiger charge is -2.09. The fourth-order valence-electron chi connectivity index (χ4n) is 3.21. The van der Waals surface area contributed by atoms with Crippen LogP contribution in [0.15, 0.2) is 71.5 Å². The number of aryl methyl sites for hydroxylation is 1. The number of nitrogens with zero attached hydrogens (tertiary/aromatic N) is 1. The third-order valence-electron chi connectivity index (χ3n) is 4.68. The number of aromatic nitrogens is 1. The highest BCUT2D eigenvalue weighted by Gasteiger charge is 2.16. The van der Waals surface area contributed by atoms with Crippen LogP contribution in [0, 0.1) is 6.92 Å². The second-order valence-electron chi connectivity index (χ2n) is 6.72. The first-order chi connectivity index (χ1) is 13.0. The molecule has 0 fully saturated rings. The first kappa shape index (κ1) is 17.4. The third-order valence-corrected chi connectivity index (χ3v) is 5.89. The largest absolute Gasteiger partial charge is 0.303 e. The zero-order valence-corrected chi connectivity index (χ0v) is 16.0. The average molecular weight is 373 g/mol. The second-order valence-corrected chi connectivity index (χ2v) is 7.77. The molecule has 0 atom stereocenters. The van der Waals surface area contributed by atoms with Gasteiger partial charge in [-0.2, -0.15) is 0 Å². The maximum Gasteiger partial charge on any atom is 0.252 e. The van der Waals surface area contributed by atoms with Gasteiger partial charge in [-0.3, -0.25) is 9.59 Å². The highest BCUT2D eigenvalue weighted by molar-refractivity contribution is 7.22. The molecule has 4 heteroatoms. The van der Waals surface area contributed by atoms with Crippen LogP contribution in [0.5, 0.6) is 0 Å². The number of pyridine rings is 1. The van der Waals surface area contributed by atoms with Gasteiger partial charge in [0.15, 0.2) is 5.78 Å². The zero-order chi connectivity index (χ0) is 19.0. The van der Waals surface area contributed by atoms with E-state index in [9.17, 15) is 9.59 Å². The number of ketones is 1. The molecule has 134 valence electrons. The van der Waals surface area contributed by atoms with Crippen molar-refractivity contribution in [3.63, 3.8) is 0 Å². The molecule has 0 unspecified atom stereocenters. The topological polar surface area (TPSA) is 39.1 Å². The molecule has 3 nitrogen and oxygen atoms in total. The van der Waals surface area contributed by atoms with Crippen molar-refractivity contribution in [3.8, 4) is 10.4 Å². The van der Waals surface area contributed by atoms with Gasteiger partial charge in [0, 0.05) is 16.5 Å². The molecule has 0 aliphatic heterocycles. The van der Waals surface area contributed by atoms with Crippen LogP contribution in [0.1, 0.15) is 28.4 Å². The van der Waals surface area contributed by atoms with Gasteiger partial charge < -0.3 is 4.57 Å². The van der Waals surface area contributed by atoms with Crippen molar-refractivity contribution in [2.24, 2.45) is 0 Å². The molecular formula is C23H19NO2S. The molecule has 4 rings (SSSR count). The van der Waals surface area contributed by atoms with Crippen molar-refractivity contribution in [1.82, 2.24) is 4.57 Å². The summed E-state index contributed by atoms with van der Waals surface area (Å²) in [4.78, 5) is 26.0. The lowest BCUT2D eigenvalue weighted by molar-refractivity contribution is 0.101. The van der Waals surface area contributed by atoms with E-state index in [1.165, 1.54) is 18.6 Å². The van der Waals surface area contributed by atoms with E-state index < -0.39 is 0 Å². The molecule has 0 aliphatic carbocycles. The molecule has 0 radical (unpaired) electrons. The van der Waals surface area contributed by atoms with Gasteiger partial charge in [0.1, 0.15) is 0 Å². The lowest BCUT2D eigenvalue weighted by Crippen LogP contribution is -2.21. The van der Waals surface area contributed by atoms with Gasteiger partial charge >= 0.3 is 0 Å². The van der Waals surface area contributed by atoms with Crippen LogP contribution in [0.2, 0.25) is 0 Å². The predicted octanol–water partition coefficient (Wildman–Crippen LogP) is 5.29. The maximum atomic E-state index is 12.8. The van der Waals surface area contributed by atoms with Gasteiger partial charge in [0.05, 0.1) is 16.8 Å². The quantitative estimate of drug-likeness (QED) is 0.456. The summed E-state index contributed by atoms with van der Waals surface area (Å²) in [6.07, 6.45) is 0. The zero-order valence-electron chi connectivity index (χ0n) is 15.2. The van der Waals surface area contributed by atoms with Crippen LogP contribution >= 0.6 is 11.3 Å². The molecular weight excluding hydrogens is 354 g/mol. The van der Waals surface area contributed by atoms with Crippen LogP contribution in [0.4, 0.5) is 0 Å². The molecule has 0 aliphatic rings. The van der Waals surface area contributed by atoms with Crippen LogP contribution in [-0.4, -0.2) is 10.4 Å². The van der Waals surface area contributed by atoms with Crippen LogP contribution in [0.25, 0.3) is 20.7 Å². The molecule has 0 N–H and O–H groups in total. The van der Waals surface area contributed by atoms with E-state index in [1.807, 2.05) is 36.4 Å². The molecule has 0 spiro atoms. The Morgan fingerprint density at radius 1 is 1.00 bits per heavy atom. The Kier molecular flexibility index (Phi) is 4.50. The summed E-state index contributed by atoms with van der Waals surface area (Å²) in [6.45, 7) is 4.06. The van der Waals surface area contributed by atoms with Crippen molar-refractivity contribution in [2.75, 3.05) is 0 Å². The minimum atomic E-state index is -0.148. The fourth-order valence-corrected chi connectivity index (χ4v) is 4.44. The summed E-state index contributed by atoms with van der Waals surface area (Å²) >= 11 is 1.56. The van der Waals surface area contributed by atoms with E-state index >= 15 is 0 Å². The normalized spacial score (nSPS) is 11.0. The Hall–Kier alpha value is -2.98. The first-order valence-corrected chi connectivity index (χ1v) is 9.64. The highest BCUT2D eigenvalue weighted by atomic mass is 32.1. The summed E-state index contributed by atoms with van der Waals surface area (Å²) in [5.74, 6) is -0.0822. The molecule has 0 bridgehead atoms. The fraction of sp³-hybridized carbons (Fsp3) is 0.130. The minimum absolute atomic E-state index is 0.0822. The third kappa shape index (κ3) is 3.36. The van der Waals surface area contributed by atoms with E-state index in [0.29, 0.717) is 12.1 Å². The van der Waals surface area contributed by atoms with E-state index in [0.717, 1.165) is 26.2 Å². The standard InChI is InChI=1S/C23H19NO2S/c1-15-8-10-18(11-9-15)21-13-20-23(27-21)19(16(2)25)12-22(26)24(20)14-17-6-4-3-5-7-17/h3-13H,14H2,1-2H3. The van der Waals surface area contributed by atoms with Crippen molar-refractivity contribution in [3.05, 3.63) is 93.8 Å². The predicted molar refractivity (Wildman–Crippen MR) is 112 cm³/mol. The van der Waals surface area contributed by atoms with Crippen LogP contribution in [0.3, 0.4) is 0 Å². The van der Waals surface area contributed by atoms with E-state index in [-0.39, 0.29) is 11.3 Å². The summed E-state index contributed by atoms with van der Waals surface area (Å²) in [6, 6.07) is 21.7. The Bertz CT molecular complexity index is 1190. The molecule has 2 aromatic heterocycles. The van der Waals surface area contributed by atoms with E-state index in [4.69, 9.17) is 0 Å². The van der Waals surface area contributed by atoms with Crippen molar-refractivity contribution in [1.29, 1.82) is 0 Å². The van der Waals surface area contributed by atoms with Crippen molar-refractivity contribution < 1.29 is 4.79 Å². The summed E-state index contributed by atoms with van der Waals surface area (Å²) in [7, 11) is 0. The van der Waals surface area contributed by atoms with Gasteiger partial charge in [-0.15, -0.1) is 11.3 Å². The number of fused-ring (bicyclic) bond motifs is 1. The Labute approximate surface area is 161 Å². The number of rotatable bonds is 4. The summed E-state index contributed by atoms with van der Waals surface area (Å²) in [5, 5.41) is 0. The molecule has 0 saturated carbocycles. The van der Waals surface area contributed by atoms with Crippen molar-refractivity contribution in [2.45, 2.75) is 20.4 Å². The second kappa shape index (κ2) is 6.97. The Balaban J connectivity index is 1.94. The SMILES string of the molecule is CC(=O)c1cc(=O)n(Cc2ccccc2)c2cc(-c3ccc(C)cc3)sc12. The number of carbonyl (C=O) groups is 1. The molecule has 2 aromatic carbocycles. The number of carbonyl (C=O) groups excluding carboxylic acids is 1. The Morgan fingerprint density at radius 2 is 1.70 bits per heavy atom. The number of thiophene rings is 1. The van der Waals surface area contributed by atoms with Crippen LogP contribution < -0.4 is 5.56 Å². The van der Waals surface area contributed by atoms with Gasteiger partial charge in [0.25, 0.3) is 5.56 Å². The van der Waals surface area contributed by atoms with Gasteiger partial charge in [-0.1, -0.05) is 60.2 Å². The maximum absolute atomic E-state index is 12.8. The number of Topliss-reactive ketones (excluding diaryl/α,β-unsaturated/α-hetero) is 1. The molecule has 4 aromatic rings. The molecule has 2 heterocycles. The van der Waals surface area contributed by atoms with E-state index in [2.05, 4.69) is 31.2 Å². The smallest absolute Gasteiger partial charge is 0.252 e. The highest BCUT2D eigenvalue weighted by Crippen LogP contribution is 2.35. The van der Waals surface area contributed by atoms with Crippen LogP contribution in [-0.2, 0) is 6.54 Å². The number of hydrogen-bond donors (Lipinski definition) is 0. The average Bonchev–Trinajstić information content (AvgIpc) is 3.10. The monoisotopic (exact) mass is 373 g/mol. The minimum Gasteiger partial charge on any atom is -0.303 e. The van der Waals surface area contributed by atoms with Gasteiger partial charge in [-0.05, 0) is 31.0 Å². The summed E-state index contributed by atoms with van der Waals surface area (Å²) < 4.78 is 2.62. The summed E-state index contributed by atoms with van der Waals surface area (Å²) in [5.41, 5.74) is 4.52. The first-order valence-electron chi connectivity index (χ1n) is 8.82. The van der Waals surface area contributed by atoms with Gasteiger partial charge in [-0.25, -0.2) is 0 Å².